The van der Waals surface area contributed by atoms with Crippen LogP contribution in [0.1, 0.15) is 38.9 Å². The molecule has 0 aliphatic carbocycles. The maximum absolute atomic E-state index is 5.45. The van der Waals surface area contributed by atoms with Gasteiger partial charge in [-0.25, -0.2) is 0 Å². The Morgan fingerprint density at radius 2 is 2.14 bits per heavy atom. The van der Waals surface area contributed by atoms with Gasteiger partial charge in [-0.1, -0.05) is 25.9 Å². The monoisotopic (exact) mass is 296 g/mol. The van der Waals surface area contributed by atoms with E-state index in [0.717, 1.165) is 25.3 Å². The van der Waals surface area contributed by atoms with Crippen LogP contribution in [0.3, 0.4) is 0 Å². The summed E-state index contributed by atoms with van der Waals surface area (Å²) >= 11 is 0. The van der Waals surface area contributed by atoms with E-state index in [4.69, 9.17) is 9.26 Å². The highest BCUT2D eigenvalue weighted by Gasteiger charge is 2.30. The number of nitrogens with zero attached hydrogens (tertiary/aromatic N) is 4. The summed E-state index contributed by atoms with van der Waals surface area (Å²) in [6.45, 7) is 8.92. The molecule has 1 saturated heterocycles. The van der Waals surface area contributed by atoms with Crippen LogP contribution in [0.25, 0.3) is 0 Å². The van der Waals surface area contributed by atoms with Crippen molar-refractivity contribution in [1.29, 1.82) is 0 Å². The molecule has 1 aliphatic rings. The van der Waals surface area contributed by atoms with Gasteiger partial charge in [0.25, 0.3) is 0 Å². The molecule has 0 unspecified atom stereocenters. The van der Waals surface area contributed by atoms with Crippen LogP contribution in [0.15, 0.2) is 4.52 Å². The molecular formula is C15H28N4O2. The van der Waals surface area contributed by atoms with E-state index in [1.165, 1.54) is 0 Å². The number of hydrogen-bond acceptors (Lipinski definition) is 6. The highest BCUT2D eigenvalue weighted by molar-refractivity contribution is 4.98. The molecule has 0 N–H and O–H groups in total. The maximum atomic E-state index is 5.45. The molecule has 0 saturated carbocycles. The Balaban J connectivity index is 1.87. The zero-order chi connectivity index (χ0) is 15.6. The van der Waals surface area contributed by atoms with E-state index < -0.39 is 0 Å². The Morgan fingerprint density at radius 1 is 1.43 bits per heavy atom. The molecule has 1 aromatic heterocycles. The van der Waals surface area contributed by atoms with Crippen LogP contribution in [-0.4, -0.2) is 66.4 Å². The van der Waals surface area contributed by atoms with E-state index in [-0.39, 0.29) is 5.41 Å². The maximum Gasteiger partial charge on any atom is 0.232 e. The van der Waals surface area contributed by atoms with Crippen LogP contribution < -0.4 is 0 Å². The molecule has 0 bridgehead atoms. The summed E-state index contributed by atoms with van der Waals surface area (Å²) in [6.07, 6.45) is 1.43. The smallest absolute Gasteiger partial charge is 0.232 e. The SMILES string of the molecule is CO[C@H]1C[C@@H](CN(C)Cc2noc(C(C)(C)C)n2)N(C)C1. The molecule has 1 fully saturated rings. The van der Waals surface area contributed by atoms with Crippen molar-refractivity contribution in [2.24, 2.45) is 0 Å². The lowest BCUT2D eigenvalue weighted by Crippen LogP contribution is -2.36. The summed E-state index contributed by atoms with van der Waals surface area (Å²) in [5.41, 5.74) is -0.0961. The number of likely N-dealkylation sites (N-methyl/N-ethyl adjacent to an activating group) is 2. The van der Waals surface area contributed by atoms with Crippen molar-refractivity contribution in [3.63, 3.8) is 0 Å². The number of methoxy groups -OCH3 is 1. The fourth-order valence-electron chi connectivity index (χ4n) is 2.70. The summed E-state index contributed by atoms with van der Waals surface area (Å²) in [4.78, 5) is 9.10. The molecule has 0 amide bonds. The molecule has 2 rings (SSSR count). The number of likely N-dealkylation sites (tertiary alicyclic amines) is 1. The average molecular weight is 296 g/mol. The van der Waals surface area contributed by atoms with Crippen molar-refractivity contribution in [2.45, 2.75) is 51.3 Å². The molecule has 2 atom stereocenters. The van der Waals surface area contributed by atoms with Crippen molar-refractivity contribution in [1.82, 2.24) is 19.9 Å². The molecule has 21 heavy (non-hydrogen) atoms. The van der Waals surface area contributed by atoms with Crippen molar-refractivity contribution in [2.75, 3.05) is 34.3 Å². The third kappa shape index (κ3) is 4.25. The summed E-state index contributed by atoms with van der Waals surface area (Å²) in [6, 6.07) is 0.522. The second-order valence-corrected chi connectivity index (χ2v) is 7.15. The molecular weight excluding hydrogens is 268 g/mol. The minimum absolute atomic E-state index is 0.0961. The molecule has 6 heteroatoms. The van der Waals surface area contributed by atoms with Gasteiger partial charge in [0, 0.05) is 31.7 Å². The standard InChI is InChI=1S/C15H28N4O2/c1-15(2,3)14-16-13(17-21-14)10-18(4)8-11-7-12(20-6)9-19(11)5/h11-12H,7-10H2,1-6H3/t11-,12-/m0/s1. The minimum atomic E-state index is -0.0961. The highest BCUT2D eigenvalue weighted by Crippen LogP contribution is 2.21. The van der Waals surface area contributed by atoms with Crippen molar-refractivity contribution in [3.05, 3.63) is 11.7 Å². The Bertz CT molecular complexity index is 455. The normalized spacial score (nSPS) is 24.1. The van der Waals surface area contributed by atoms with Gasteiger partial charge in [-0.15, -0.1) is 0 Å². The predicted molar refractivity (Wildman–Crippen MR) is 81.2 cm³/mol. The van der Waals surface area contributed by atoms with Gasteiger partial charge in [0.15, 0.2) is 5.82 Å². The third-order valence-electron chi connectivity index (χ3n) is 4.03. The van der Waals surface area contributed by atoms with Gasteiger partial charge in [-0.2, -0.15) is 4.98 Å². The molecule has 1 aromatic rings. The molecule has 0 spiro atoms. The van der Waals surface area contributed by atoms with Crippen molar-refractivity contribution < 1.29 is 9.26 Å². The van der Waals surface area contributed by atoms with Gasteiger partial charge < -0.3 is 9.26 Å². The Morgan fingerprint density at radius 3 is 2.67 bits per heavy atom. The van der Waals surface area contributed by atoms with Crippen LogP contribution >= 0.6 is 0 Å². The quantitative estimate of drug-likeness (QED) is 0.821. The van der Waals surface area contributed by atoms with Gasteiger partial charge in [0.1, 0.15) is 0 Å². The van der Waals surface area contributed by atoms with Gasteiger partial charge in [-0.05, 0) is 20.5 Å². The zero-order valence-corrected chi connectivity index (χ0v) is 14.1. The van der Waals surface area contributed by atoms with Crippen LogP contribution in [0.5, 0.6) is 0 Å². The Hall–Kier alpha value is -0.980. The van der Waals surface area contributed by atoms with E-state index in [0.29, 0.717) is 24.6 Å². The van der Waals surface area contributed by atoms with Crippen molar-refractivity contribution in [3.8, 4) is 0 Å². The first-order valence-corrected chi connectivity index (χ1v) is 7.54. The first-order valence-electron chi connectivity index (χ1n) is 7.54. The van der Waals surface area contributed by atoms with Gasteiger partial charge in [0.2, 0.25) is 5.89 Å². The Labute approximate surface area is 127 Å². The summed E-state index contributed by atoms with van der Waals surface area (Å²) in [5.74, 6) is 1.45. The lowest BCUT2D eigenvalue weighted by Gasteiger charge is -2.24. The first-order chi connectivity index (χ1) is 9.79. The molecule has 0 aromatic carbocycles. The molecule has 1 aliphatic heterocycles. The summed E-state index contributed by atoms with van der Waals surface area (Å²) in [5, 5.41) is 4.08. The molecule has 0 radical (unpaired) electrons. The average Bonchev–Trinajstić information content (AvgIpc) is 2.96. The lowest BCUT2D eigenvalue weighted by molar-refractivity contribution is 0.111. The predicted octanol–water partition coefficient (Wildman–Crippen LogP) is 1.52. The number of aromatic nitrogens is 2. The fourth-order valence-corrected chi connectivity index (χ4v) is 2.70. The van der Waals surface area contributed by atoms with Gasteiger partial charge in [0.05, 0.1) is 12.6 Å². The summed E-state index contributed by atoms with van der Waals surface area (Å²) < 4.78 is 10.8. The van der Waals surface area contributed by atoms with Gasteiger partial charge >= 0.3 is 0 Å². The molecule has 120 valence electrons. The number of hydrogen-bond donors (Lipinski definition) is 0. The number of ether oxygens (including phenoxy) is 1. The van der Waals surface area contributed by atoms with Gasteiger partial charge in [-0.3, -0.25) is 9.80 Å². The third-order valence-corrected chi connectivity index (χ3v) is 4.03. The van der Waals surface area contributed by atoms with E-state index in [9.17, 15) is 0 Å². The highest BCUT2D eigenvalue weighted by atomic mass is 16.5. The first kappa shape index (κ1) is 16.4. The largest absolute Gasteiger partial charge is 0.380 e. The van der Waals surface area contributed by atoms with Crippen molar-refractivity contribution >= 4 is 0 Å². The van der Waals surface area contributed by atoms with E-state index in [1.807, 2.05) is 0 Å². The van der Waals surface area contributed by atoms with E-state index >= 15 is 0 Å². The minimum Gasteiger partial charge on any atom is -0.380 e. The van der Waals surface area contributed by atoms with E-state index in [2.05, 4.69) is 54.8 Å². The Kier molecular flexibility index (Phi) is 5.01. The van der Waals surface area contributed by atoms with Crippen LogP contribution in [0.4, 0.5) is 0 Å². The second kappa shape index (κ2) is 6.42. The lowest BCUT2D eigenvalue weighted by atomic mass is 9.97. The number of rotatable bonds is 5. The van der Waals surface area contributed by atoms with Crippen LogP contribution in [0.2, 0.25) is 0 Å². The topological polar surface area (TPSA) is 54.6 Å². The molecule has 6 nitrogen and oxygen atoms in total. The fraction of sp³-hybridized carbons (Fsp3) is 0.867. The summed E-state index contributed by atoms with van der Waals surface area (Å²) in [7, 11) is 6.04. The zero-order valence-electron chi connectivity index (χ0n) is 14.1. The van der Waals surface area contributed by atoms with E-state index in [1.54, 1.807) is 7.11 Å². The van der Waals surface area contributed by atoms with Crippen LogP contribution in [-0.2, 0) is 16.7 Å². The second-order valence-electron chi connectivity index (χ2n) is 7.15. The van der Waals surface area contributed by atoms with Crippen LogP contribution in [0, 0.1) is 0 Å². The molecule has 2 heterocycles.